The molecule has 2 N–H and O–H groups in total. The van der Waals surface area contributed by atoms with Crippen LogP contribution in [0, 0.1) is 5.82 Å². The number of halogens is 2. The predicted molar refractivity (Wildman–Crippen MR) is 79.0 cm³/mol. The average molecular weight is 307 g/mol. The Morgan fingerprint density at radius 3 is 2.81 bits per heavy atom. The minimum Gasteiger partial charge on any atom is -0.491 e. The molecule has 0 aliphatic rings. The summed E-state index contributed by atoms with van der Waals surface area (Å²) in [4.78, 5) is 0. The first-order valence-electron chi connectivity index (χ1n) is 6.38. The van der Waals surface area contributed by atoms with Crippen molar-refractivity contribution < 1.29 is 13.7 Å². The molecule has 1 heterocycles. The van der Waals surface area contributed by atoms with Crippen LogP contribution in [0.15, 0.2) is 40.9 Å². The van der Waals surface area contributed by atoms with E-state index in [0.29, 0.717) is 46.2 Å². The van der Waals surface area contributed by atoms with E-state index in [0.717, 1.165) is 0 Å². The highest BCUT2D eigenvalue weighted by atomic mass is 35.5. The molecular formula is C15H12ClFN2O2. The van der Waals surface area contributed by atoms with Gasteiger partial charge in [0, 0.05) is 12.1 Å². The summed E-state index contributed by atoms with van der Waals surface area (Å²) < 4.78 is 24.5. The minimum absolute atomic E-state index is 0.302. The van der Waals surface area contributed by atoms with Crippen molar-refractivity contribution in [2.45, 2.75) is 0 Å². The number of nitrogens with zero attached hydrogens (tertiary/aromatic N) is 1. The number of aromatic nitrogens is 1. The van der Waals surface area contributed by atoms with E-state index in [-0.39, 0.29) is 5.82 Å². The van der Waals surface area contributed by atoms with Crippen LogP contribution < -0.4 is 10.5 Å². The smallest absolute Gasteiger partial charge is 0.189 e. The zero-order valence-electron chi connectivity index (χ0n) is 11.0. The van der Waals surface area contributed by atoms with Crippen LogP contribution in [0.25, 0.3) is 22.2 Å². The summed E-state index contributed by atoms with van der Waals surface area (Å²) in [5.74, 6) is 0.0955. The van der Waals surface area contributed by atoms with Crippen molar-refractivity contribution in [1.82, 2.24) is 5.16 Å². The second-order valence-corrected chi connectivity index (χ2v) is 4.78. The Morgan fingerprint density at radius 2 is 2.05 bits per heavy atom. The van der Waals surface area contributed by atoms with Crippen molar-refractivity contribution in [3.05, 3.63) is 47.2 Å². The van der Waals surface area contributed by atoms with E-state index in [9.17, 15) is 4.39 Å². The molecule has 21 heavy (non-hydrogen) atoms. The highest BCUT2D eigenvalue weighted by Crippen LogP contribution is 2.37. The standard InChI is InChI=1S/C15H12ClFN2O2/c16-13-12(20-8-7-18)6-5-10-14(19-21-15(10)13)9-3-1-2-4-11(9)17/h1-6H,7-8,18H2. The Kier molecular flexibility index (Phi) is 3.77. The lowest BCUT2D eigenvalue weighted by Crippen LogP contribution is -2.10. The third-order valence-electron chi connectivity index (χ3n) is 3.05. The molecule has 0 aliphatic carbocycles. The van der Waals surface area contributed by atoms with Crippen LogP contribution >= 0.6 is 11.6 Å². The van der Waals surface area contributed by atoms with Gasteiger partial charge < -0.3 is 15.0 Å². The van der Waals surface area contributed by atoms with Crippen LogP contribution in [0.4, 0.5) is 4.39 Å². The molecule has 3 rings (SSSR count). The summed E-state index contributed by atoms with van der Waals surface area (Å²) >= 11 is 6.22. The van der Waals surface area contributed by atoms with Gasteiger partial charge in [0.2, 0.25) is 0 Å². The molecule has 0 fully saturated rings. The summed E-state index contributed by atoms with van der Waals surface area (Å²) in [6.45, 7) is 0.727. The van der Waals surface area contributed by atoms with Gasteiger partial charge in [-0.1, -0.05) is 28.9 Å². The van der Waals surface area contributed by atoms with E-state index in [1.807, 2.05) is 0 Å². The molecule has 0 radical (unpaired) electrons. The van der Waals surface area contributed by atoms with Crippen molar-refractivity contribution >= 4 is 22.6 Å². The lowest BCUT2D eigenvalue weighted by molar-refractivity contribution is 0.328. The third-order valence-corrected chi connectivity index (χ3v) is 3.41. The van der Waals surface area contributed by atoms with Crippen LogP contribution in [-0.2, 0) is 0 Å². The number of rotatable bonds is 4. The van der Waals surface area contributed by atoms with Gasteiger partial charge in [0.15, 0.2) is 5.58 Å². The molecule has 1 aromatic heterocycles. The molecule has 0 spiro atoms. The number of fused-ring (bicyclic) bond motifs is 1. The number of hydrogen-bond acceptors (Lipinski definition) is 4. The summed E-state index contributed by atoms with van der Waals surface area (Å²) in [5.41, 5.74) is 6.53. The maximum Gasteiger partial charge on any atom is 0.189 e. The molecule has 0 saturated heterocycles. The summed E-state index contributed by atoms with van der Waals surface area (Å²) in [7, 11) is 0. The topological polar surface area (TPSA) is 61.3 Å². The SMILES string of the molecule is NCCOc1ccc2c(-c3ccccc3F)noc2c1Cl. The van der Waals surface area contributed by atoms with Gasteiger partial charge in [-0.25, -0.2) is 4.39 Å². The highest BCUT2D eigenvalue weighted by molar-refractivity contribution is 6.36. The van der Waals surface area contributed by atoms with Crippen LogP contribution in [0.1, 0.15) is 0 Å². The van der Waals surface area contributed by atoms with Crippen LogP contribution in [0.5, 0.6) is 5.75 Å². The van der Waals surface area contributed by atoms with Crippen molar-refractivity contribution in [2.75, 3.05) is 13.2 Å². The van der Waals surface area contributed by atoms with Crippen molar-refractivity contribution in [2.24, 2.45) is 5.73 Å². The zero-order chi connectivity index (χ0) is 14.8. The van der Waals surface area contributed by atoms with Gasteiger partial charge in [0.05, 0.1) is 5.39 Å². The fraction of sp³-hybridized carbons (Fsp3) is 0.133. The Morgan fingerprint density at radius 1 is 1.24 bits per heavy atom. The quantitative estimate of drug-likeness (QED) is 0.799. The van der Waals surface area contributed by atoms with E-state index in [4.69, 9.17) is 26.6 Å². The summed E-state index contributed by atoms with van der Waals surface area (Å²) in [6, 6.07) is 9.80. The van der Waals surface area contributed by atoms with E-state index in [2.05, 4.69) is 5.16 Å². The van der Waals surface area contributed by atoms with E-state index in [1.165, 1.54) is 6.07 Å². The summed E-state index contributed by atoms with van der Waals surface area (Å²) in [6.07, 6.45) is 0. The fourth-order valence-electron chi connectivity index (χ4n) is 2.08. The molecule has 4 nitrogen and oxygen atoms in total. The molecule has 0 amide bonds. The van der Waals surface area contributed by atoms with Gasteiger partial charge in [-0.15, -0.1) is 0 Å². The monoisotopic (exact) mass is 306 g/mol. The van der Waals surface area contributed by atoms with Crippen LogP contribution in [0.2, 0.25) is 5.02 Å². The molecule has 3 aromatic rings. The second kappa shape index (κ2) is 5.71. The first-order chi connectivity index (χ1) is 10.2. The Hall–Kier alpha value is -2.11. The molecule has 0 saturated carbocycles. The number of nitrogens with two attached hydrogens (primary N) is 1. The molecule has 108 valence electrons. The van der Waals surface area contributed by atoms with Gasteiger partial charge >= 0.3 is 0 Å². The van der Waals surface area contributed by atoms with Gasteiger partial charge in [0.1, 0.15) is 28.9 Å². The lowest BCUT2D eigenvalue weighted by atomic mass is 10.1. The number of hydrogen-bond donors (Lipinski definition) is 1. The van der Waals surface area contributed by atoms with Crippen LogP contribution in [0.3, 0.4) is 0 Å². The Labute approximate surface area is 125 Å². The van der Waals surface area contributed by atoms with E-state index >= 15 is 0 Å². The fourth-order valence-corrected chi connectivity index (χ4v) is 2.34. The first-order valence-corrected chi connectivity index (χ1v) is 6.76. The first kappa shape index (κ1) is 13.9. The molecule has 2 aromatic carbocycles. The van der Waals surface area contributed by atoms with Crippen molar-refractivity contribution in [1.29, 1.82) is 0 Å². The van der Waals surface area contributed by atoms with Gasteiger partial charge in [-0.2, -0.15) is 0 Å². The highest BCUT2D eigenvalue weighted by Gasteiger charge is 2.18. The van der Waals surface area contributed by atoms with Gasteiger partial charge in [0.25, 0.3) is 0 Å². The molecule has 0 unspecified atom stereocenters. The molecular weight excluding hydrogens is 295 g/mol. The molecule has 6 heteroatoms. The molecule has 0 atom stereocenters. The van der Waals surface area contributed by atoms with Crippen molar-refractivity contribution in [3.8, 4) is 17.0 Å². The van der Waals surface area contributed by atoms with Crippen molar-refractivity contribution in [3.63, 3.8) is 0 Å². The minimum atomic E-state index is -0.368. The maximum absolute atomic E-state index is 13.9. The average Bonchev–Trinajstić information content (AvgIpc) is 2.92. The van der Waals surface area contributed by atoms with Gasteiger partial charge in [-0.3, -0.25) is 0 Å². The maximum atomic E-state index is 13.9. The molecule has 0 aliphatic heterocycles. The Balaban J connectivity index is 2.12. The second-order valence-electron chi connectivity index (χ2n) is 4.40. The van der Waals surface area contributed by atoms with Gasteiger partial charge in [-0.05, 0) is 24.3 Å². The lowest BCUT2D eigenvalue weighted by Gasteiger charge is -2.06. The normalized spacial score (nSPS) is 11.0. The van der Waals surface area contributed by atoms with E-state index in [1.54, 1.807) is 30.3 Å². The van der Waals surface area contributed by atoms with E-state index < -0.39 is 0 Å². The third kappa shape index (κ3) is 2.46. The van der Waals surface area contributed by atoms with Crippen LogP contribution in [-0.4, -0.2) is 18.3 Å². The number of ether oxygens (including phenoxy) is 1. The largest absolute Gasteiger partial charge is 0.491 e. The molecule has 0 bridgehead atoms. The zero-order valence-corrected chi connectivity index (χ0v) is 11.7. The number of benzene rings is 2. The Bertz CT molecular complexity index is 788. The predicted octanol–water partition coefficient (Wildman–Crippen LogP) is 3.62. The summed E-state index contributed by atoms with van der Waals surface area (Å²) in [5, 5.41) is 4.86.